The molecule has 0 saturated heterocycles. The summed E-state index contributed by atoms with van der Waals surface area (Å²) in [6.07, 6.45) is 0. The molecule has 0 unspecified atom stereocenters. The van der Waals surface area contributed by atoms with E-state index in [1.807, 2.05) is 0 Å². The van der Waals surface area contributed by atoms with Gasteiger partial charge in [-0.1, -0.05) is 347 Å². The first kappa shape index (κ1) is 71.4. The summed E-state index contributed by atoms with van der Waals surface area (Å²) in [5, 5.41) is 20.8. The van der Waals surface area contributed by atoms with Crippen LogP contribution in [0.2, 0.25) is 0 Å². The van der Waals surface area contributed by atoms with Gasteiger partial charge in [0.2, 0.25) is 0 Å². The largest absolute Gasteiger partial charge is 0.310 e. The second-order valence-electron chi connectivity index (χ2n) is 39.6. The van der Waals surface area contributed by atoms with E-state index in [0.29, 0.717) is 0 Å². The molecular formula is C114H95BN4. The van der Waals surface area contributed by atoms with Gasteiger partial charge in [-0.15, -0.1) is 0 Å². The molecule has 0 radical (unpaired) electrons. The van der Waals surface area contributed by atoms with E-state index in [2.05, 4.69) is 426 Å². The Morgan fingerprint density at radius 1 is 0.218 bits per heavy atom. The minimum absolute atomic E-state index is 0.157. The summed E-state index contributed by atoms with van der Waals surface area (Å²) in [5.41, 5.74) is 32.5. The molecule has 19 aromatic carbocycles. The molecule has 2 aromatic heterocycles. The van der Waals surface area contributed by atoms with Gasteiger partial charge in [0.05, 0.1) is 33.4 Å². The van der Waals surface area contributed by atoms with Crippen molar-refractivity contribution in [3.05, 3.63) is 331 Å². The Kier molecular flexibility index (Phi) is 14.9. The van der Waals surface area contributed by atoms with Crippen LogP contribution in [0.5, 0.6) is 0 Å². The van der Waals surface area contributed by atoms with Crippen LogP contribution in [0.15, 0.2) is 303 Å². The van der Waals surface area contributed by atoms with E-state index in [9.17, 15) is 0 Å². The second-order valence-corrected chi connectivity index (χ2v) is 39.6. The van der Waals surface area contributed by atoms with Crippen molar-refractivity contribution in [2.24, 2.45) is 0 Å². The molecular weight excluding hydrogens is 1440 g/mol. The summed E-state index contributed by atoms with van der Waals surface area (Å²) < 4.78 is 5.23. The Balaban J connectivity index is 0.896. The number of aromatic nitrogens is 2. The van der Waals surface area contributed by atoms with Crippen LogP contribution in [-0.4, -0.2) is 15.8 Å². The minimum Gasteiger partial charge on any atom is -0.310 e. The van der Waals surface area contributed by atoms with Crippen molar-refractivity contribution in [2.45, 2.75) is 131 Å². The number of anilines is 6. The lowest BCUT2D eigenvalue weighted by molar-refractivity contribution is 0.568. The van der Waals surface area contributed by atoms with Crippen LogP contribution in [0.25, 0.3) is 164 Å². The molecule has 0 bridgehead atoms. The zero-order valence-electron chi connectivity index (χ0n) is 70.7. The third-order valence-corrected chi connectivity index (χ3v) is 27.2. The molecule has 0 amide bonds. The number of hydrogen-bond donors (Lipinski definition) is 0. The van der Waals surface area contributed by atoms with Gasteiger partial charge in [0.1, 0.15) is 0 Å². The van der Waals surface area contributed by atoms with Crippen LogP contribution in [0, 0.1) is 0 Å². The molecule has 0 fully saturated rings. The fraction of sp³-hybridized carbons (Fsp3) is 0.175. The molecule has 21 aromatic rings. The normalized spacial score (nSPS) is 13.6. The average Bonchev–Trinajstić information content (AvgIpc) is 1.64. The minimum atomic E-state index is -0.367. The smallest absolute Gasteiger partial charge is 0.252 e. The average molecular weight is 1530 g/mol. The fourth-order valence-corrected chi connectivity index (χ4v) is 21.1. The van der Waals surface area contributed by atoms with Crippen molar-refractivity contribution in [3.63, 3.8) is 0 Å². The number of hydrogen-bond acceptors (Lipinski definition) is 2. The van der Waals surface area contributed by atoms with Gasteiger partial charge < -0.3 is 18.9 Å². The maximum absolute atomic E-state index is 2.79. The first-order chi connectivity index (χ1) is 57.2. The maximum Gasteiger partial charge on any atom is 0.252 e. The third-order valence-electron chi connectivity index (χ3n) is 27.2. The van der Waals surface area contributed by atoms with Crippen LogP contribution < -0.4 is 26.2 Å². The molecule has 23 rings (SSSR count). The van der Waals surface area contributed by atoms with Crippen molar-refractivity contribution in [1.29, 1.82) is 0 Å². The second kappa shape index (κ2) is 24.8. The van der Waals surface area contributed by atoms with Gasteiger partial charge in [-0.3, -0.25) is 0 Å². The molecule has 0 saturated carbocycles. The van der Waals surface area contributed by atoms with E-state index in [1.165, 1.54) is 175 Å². The van der Waals surface area contributed by atoms with Gasteiger partial charge in [-0.25, -0.2) is 0 Å². The summed E-state index contributed by atoms with van der Waals surface area (Å²) in [6.45, 7) is 35.5. The summed E-state index contributed by atoms with van der Waals surface area (Å²) in [5.74, 6) is 0. The topological polar surface area (TPSA) is 16.3 Å². The number of nitrogens with zero attached hydrogens (tertiary/aromatic N) is 4. The summed E-state index contributed by atoms with van der Waals surface area (Å²) in [6, 6.07) is 119. The highest BCUT2D eigenvalue weighted by molar-refractivity contribution is 7.00. The van der Waals surface area contributed by atoms with Crippen LogP contribution in [-0.2, 0) is 27.1 Å². The monoisotopic (exact) mass is 1530 g/mol. The number of fused-ring (bicyclic) bond motifs is 6. The summed E-state index contributed by atoms with van der Waals surface area (Å²) in [4.78, 5) is 5.57. The van der Waals surface area contributed by atoms with E-state index in [1.54, 1.807) is 0 Å². The predicted molar refractivity (Wildman–Crippen MR) is 514 cm³/mol. The SMILES string of the molecule is CC(C)(C)c1cc(-c2cccc(-c3ccccc3)c2N2c3cc(-n4c5ccc6cccc7c8cccc9ccc4c(c98)c5c67)ccc3B3c4ccc(-n5c6ccc7cccc8c9cccc%10ccc5c(c%109)c6c78)cc4N(c4c(-c5ccccc5)cccc4-c4cc(C(C)(C)C)cc(C(C)(C)C)c4)c4cc(C(C)(C)C)cc2c43)cc(C(C)(C)C)c1. The van der Waals surface area contributed by atoms with Gasteiger partial charge in [0, 0.05) is 77.9 Å². The first-order valence-corrected chi connectivity index (χ1v) is 42.8. The lowest BCUT2D eigenvalue weighted by Gasteiger charge is -2.46. The molecule has 0 atom stereocenters. The fourth-order valence-electron chi connectivity index (χ4n) is 21.1. The Hall–Kier alpha value is -13.0. The van der Waals surface area contributed by atoms with E-state index in [4.69, 9.17) is 0 Å². The van der Waals surface area contributed by atoms with Crippen LogP contribution >= 0.6 is 0 Å². The number of benzene rings is 19. The van der Waals surface area contributed by atoms with E-state index in [-0.39, 0.29) is 33.8 Å². The van der Waals surface area contributed by atoms with Crippen molar-refractivity contribution < 1.29 is 0 Å². The van der Waals surface area contributed by atoms with Crippen molar-refractivity contribution >= 4 is 165 Å². The zero-order valence-corrected chi connectivity index (χ0v) is 70.7. The van der Waals surface area contributed by atoms with Gasteiger partial charge in [-0.05, 0) is 219 Å². The Morgan fingerprint density at radius 2 is 0.504 bits per heavy atom. The molecule has 0 spiro atoms. The number of para-hydroxylation sites is 2. The van der Waals surface area contributed by atoms with Crippen molar-refractivity contribution in [1.82, 2.24) is 9.13 Å². The maximum atomic E-state index is 2.79. The molecule has 4 heterocycles. The Morgan fingerprint density at radius 3 is 0.807 bits per heavy atom. The van der Waals surface area contributed by atoms with Gasteiger partial charge in [0.25, 0.3) is 6.71 Å². The Bertz CT molecular complexity index is 7080. The molecule has 2 aliphatic heterocycles. The van der Waals surface area contributed by atoms with Gasteiger partial charge in [-0.2, -0.15) is 0 Å². The van der Waals surface area contributed by atoms with Crippen molar-refractivity contribution in [3.8, 4) is 55.9 Å². The predicted octanol–water partition coefficient (Wildman–Crippen LogP) is 29.8. The van der Waals surface area contributed by atoms with Crippen LogP contribution in [0.1, 0.15) is 132 Å². The van der Waals surface area contributed by atoms with Crippen LogP contribution in [0.4, 0.5) is 34.1 Å². The molecule has 0 N–H and O–H groups in total. The highest BCUT2D eigenvalue weighted by atomic mass is 15.2. The third kappa shape index (κ3) is 10.4. The summed E-state index contributed by atoms with van der Waals surface area (Å²) in [7, 11) is 0. The molecule has 5 heteroatoms. The standard InChI is InChI=1S/C114H95BN4/c1-110(2,3)74-56-72(57-75(60-74)111(4,5)6)83-38-26-36-81(66-28-18-16-19-29-66)108(83)118-95-64-79(116-91-52-44-68-32-22-40-85-86-41-23-33-69-45-53-92(116)104(100(69)86)103(91)99(68)85)48-50-89(95)115-90-51-49-80(117-93-54-46-70-34-24-42-87-88-43-25-35-71-47-55-94(117)106(102(71)88)105(93)101(70)87)65-96(90)119(98-63-78(114(13,14)15)62-97(118)107(98)115)109-82(67-30-20-17-21-31-67)37-27-39-84(109)73-58-76(112(7,8)9)61-77(59-73)113(10,11)12/h16-65H,1-15H3. The number of rotatable bonds is 8. The van der Waals surface area contributed by atoms with Crippen molar-refractivity contribution in [2.75, 3.05) is 9.80 Å². The summed E-state index contributed by atoms with van der Waals surface area (Å²) >= 11 is 0. The van der Waals surface area contributed by atoms with E-state index in [0.717, 1.165) is 67.8 Å². The molecule has 0 aliphatic carbocycles. The lowest BCUT2D eigenvalue weighted by atomic mass is 9.33. The molecule has 4 nitrogen and oxygen atoms in total. The van der Waals surface area contributed by atoms with E-state index >= 15 is 0 Å². The quantitative estimate of drug-likeness (QED) is 0.0856. The lowest BCUT2D eigenvalue weighted by Crippen LogP contribution is -2.61. The first-order valence-electron chi connectivity index (χ1n) is 42.8. The molecule has 119 heavy (non-hydrogen) atoms. The van der Waals surface area contributed by atoms with Gasteiger partial charge >= 0.3 is 0 Å². The highest BCUT2D eigenvalue weighted by Gasteiger charge is 2.47. The van der Waals surface area contributed by atoms with E-state index < -0.39 is 0 Å². The zero-order chi connectivity index (χ0) is 81.1. The molecule has 574 valence electrons. The highest BCUT2D eigenvalue weighted by Crippen LogP contribution is 2.57. The van der Waals surface area contributed by atoms with Crippen LogP contribution in [0.3, 0.4) is 0 Å². The van der Waals surface area contributed by atoms with Gasteiger partial charge in [0.15, 0.2) is 0 Å². The Labute approximate surface area is 697 Å². The molecule has 2 aliphatic rings.